The van der Waals surface area contributed by atoms with E-state index in [0.717, 1.165) is 19.3 Å². The van der Waals surface area contributed by atoms with Crippen LogP contribution in [-0.2, 0) is 9.53 Å². The van der Waals surface area contributed by atoms with Crippen LogP contribution >= 0.6 is 0 Å². The van der Waals surface area contributed by atoms with Gasteiger partial charge in [-0.25, -0.2) is 0 Å². The quantitative estimate of drug-likeness (QED) is 0.210. The van der Waals surface area contributed by atoms with E-state index in [1.165, 1.54) is 44.9 Å². The van der Waals surface area contributed by atoms with Gasteiger partial charge in [0.05, 0.1) is 7.59 Å². The van der Waals surface area contributed by atoms with E-state index in [4.69, 9.17) is 4.74 Å². The number of hydrogen-bond donors (Lipinski definition) is 1. The fourth-order valence-corrected chi connectivity index (χ4v) is 10.8. The Morgan fingerprint density at radius 2 is 1.48 bits per heavy atom. The monoisotopic (exact) mass is 441 g/mol. The Morgan fingerprint density at radius 3 is 1.97 bits per heavy atom. The largest absolute Gasteiger partial charge is 0.462 e. The summed E-state index contributed by atoms with van der Waals surface area (Å²) in [6.45, 7) is 21.0. The minimum atomic E-state index is -1.56. The minimum absolute atomic E-state index is 0.0143. The first kappa shape index (κ1) is 26.9. The van der Waals surface area contributed by atoms with Crippen molar-refractivity contribution in [3.63, 3.8) is 0 Å². The van der Waals surface area contributed by atoms with Crippen molar-refractivity contribution in [2.45, 2.75) is 148 Å². The third kappa shape index (κ3) is 9.26. The lowest BCUT2D eigenvalue weighted by Gasteiger charge is -2.46. The second kappa shape index (κ2) is 11.5. The molecule has 0 aromatic carbocycles. The summed E-state index contributed by atoms with van der Waals surface area (Å²) < 4.78 is 6.25. The van der Waals surface area contributed by atoms with Gasteiger partial charge < -0.3 is 10.1 Å². The van der Waals surface area contributed by atoms with Gasteiger partial charge in [-0.05, 0) is 34.1 Å². The van der Waals surface area contributed by atoms with Crippen molar-refractivity contribution < 1.29 is 9.53 Å². The number of esters is 1. The van der Waals surface area contributed by atoms with Gasteiger partial charge >= 0.3 is 5.97 Å². The van der Waals surface area contributed by atoms with Crippen molar-refractivity contribution in [3.8, 4) is 0 Å². The number of carbonyl (C=O) groups excluding carboxylic acids is 1. The van der Waals surface area contributed by atoms with Crippen LogP contribution in [-0.4, -0.2) is 39.1 Å². The van der Waals surface area contributed by atoms with Gasteiger partial charge in [-0.1, -0.05) is 78.1 Å². The summed E-state index contributed by atoms with van der Waals surface area (Å²) in [4.78, 5) is 13.4. The van der Waals surface area contributed by atoms with Gasteiger partial charge in [0.1, 0.15) is 6.10 Å². The second-order valence-electron chi connectivity index (χ2n) is 11.8. The maximum absolute atomic E-state index is 13.4. The highest BCUT2D eigenvalue weighted by Gasteiger charge is 2.44. The molecular weight excluding hydrogens is 390 g/mol. The predicted molar refractivity (Wildman–Crippen MR) is 133 cm³/mol. The van der Waals surface area contributed by atoms with E-state index in [1.54, 1.807) is 0 Å². The molecular formula is C24H51NO2Si2. The third-order valence-electron chi connectivity index (χ3n) is 7.20. The zero-order valence-electron chi connectivity index (χ0n) is 21.1. The van der Waals surface area contributed by atoms with Gasteiger partial charge in [0.25, 0.3) is 0 Å². The SMILES string of the molecule is CCCCCCCCCC(C(=O)OC1CC(C)(C)NC(C)(C)C1)[Si](C)(C)[SiH](C)C. The molecule has 0 aliphatic carbocycles. The van der Waals surface area contributed by atoms with Gasteiger partial charge in [0.15, 0.2) is 0 Å². The van der Waals surface area contributed by atoms with Crippen LogP contribution in [0.5, 0.6) is 0 Å². The molecule has 29 heavy (non-hydrogen) atoms. The van der Waals surface area contributed by atoms with Crippen molar-refractivity contribution in [2.75, 3.05) is 0 Å². The molecule has 1 heterocycles. The third-order valence-corrected chi connectivity index (χ3v) is 22.6. The standard InChI is InChI=1S/C24H51NO2Si2/c1-10-11-12-13-14-15-16-17-21(29(8,9)28(6)7)22(26)27-20-18-23(2,3)25-24(4,5)19-20/h20-21,25,28H,10-19H2,1-9H3. The molecule has 0 bridgehead atoms. The zero-order valence-corrected chi connectivity index (χ0v) is 23.3. The van der Waals surface area contributed by atoms with E-state index >= 15 is 0 Å². The summed E-state index contributed by atoms with van der Waals surface area (Å²) in [6.07, 6.45) is 12.1. The zero-order chi connectivity index (χ0) is 22.3. The number of ether oxygens (including phenoxy) is 1. The van der Waals surface area contributed by atoms with E-state index in [1.807, 2.05) is 0 Å². The highest BCUT2D eigenvalue weighted by atomic mass is 29.2. The second-order valence-corrected chi connectivity index (χ2v) is 26.4. The molecule has 5 heteroatoms. The lowest BCUT2D eigenvalue weighted by molar-refractivity contribution is -0.153. The minimum Gasteiger partial charge on any atom is -0.462 e. The first-order valence-corrected chi connectivity index (χ1v) is 19.5. The van der Waals surface area contributed by atoms with Crippen LogP contribution in [0.15, 0.2) is 0 Å². The van der Waals surface area contributed by atoms with E-state index < -0.39 is 15.9 Å². The molecule has 0 spiro atoms. The molecule has 1 rings (SSSR count). The summed E-state index contributed by atoms with van der Waals surface area (Å²) in [6, 6.07) is 0. The average molecular weight is 442 g/mol. The van der Waals surface area contributed by atoms with Gasteiger partial charge in [-0.15, -0.1) is 0 Å². The van der Waals surface area contributed by atoms with Crippen molar-refractivity contribution in [1.82, 2.24) is 5.32 Å². The number of unbranched alkanes of at least 4 members (excludes halogenated alkanes) is 6. The highest BCUT2D eigenvalue weighted by Crippen LogP contribution is 2.35. The molecule has 1 unspecified atom stereocenters. The van der Waals surface area contributed by atoms with Gasteiger partial charge in [-0.2, -0.15) is 0 Å². The molecule has 0 aromatic rings. The Balaban J connectivity index is 2.71. The fraction of sp³-hybridized carbons (Fsp3) is 0.958. The first-order valence-electron chi connectivity index (χ1n) is 12.3. The summed E-state index contributed by atoms with van der Waals surface area (Å²) in [5.41, 5.74) is 0.215. The van der Waals surface area contributed by atoms with Crippen LogP contribution in [0.2, 0.25) is 31.7 Å². The van der Waals surface area contributed by atoms with E-state index in [2.05, 4.69) is 66.1 Å². The molecule has 1 aliphatic rings. The summed E-state index contributed by atoms with van der Waals surface area (Å²) in [5.74, 6) is 0.132. The van der Waals surface area contributed by atoms with Crippen molar-refractivity contribution >= 4 is 21.9 Å². The average Bonchev–Trinajstić information content (AvgIpc) is 2.53. The van der Waals surface area contributed by atoms with Crippen LogP contribution < -0.4 is 5.32 Å². The van der Waals surface area contributed by atoms with E-state index in [0.29, 0.717) is 0 Å². The molecule has 1 atom stereocenters. The lowest BCUT2D eigenvalue weighted by Crippen LogP contribution is -2.60. The Kier molecular flexibility index (Phi) is 10.6. The van der Waals surface area contributed by atoms with Gasteiger partial charge in [-0.3, -0.25) is 4.79 Å². The van der Waals surface area contributed by atoms with Crippen LogP contribution in [0.3, 0.4) is 0 Å². The maximum atomic E-state index is 13.4. The Morgan fingerprint density at radius 1 is 1.00 bits per heavy atom. The molecule has 1 N–H and O–H groups in total. The Labute approximate surface area is 184 Å². The number of nitrogens with one attached hydrogen (secondary N) is 1. The number of piperidine rings is 1. The van der Waals surface area contributed by atoms with Crippen LogP contribution in [0.4, 0.5) is 0 Å². The molecule has 1 fully saturated rings. The van der Waals surface area contributed by atoms with Crippen molar-refractivity contribution in [2.24, 2.45) is 0 Å². The van der Waals surface area contributed by atoms with Crippen molar-refractivity contribution in [3.05, 3.63) is 0 Å². The normalized spacial score (nSPS) is 20.6. The smallest absolute Gasteiger partial charge is 0.306 e. The maximum Gasteiger partial charge on any atom is 0.306 e. The summed E-state index contributed by atoms with van der Waals surface area (Å²) in [5, 5.41) is 3.70. The van der Waals surface area contributed by atoms with E-state index in [9.17, 15) is 4.79 Å². The topological polar surface area (TPSA) is 38.3 Å². The Bertz CT molecular complexity index is 487. The lowest BCUT2D eigenvalue weighted by atomic mass is 9.81. The molecule has 0 radical (unpaired) electrons. The Hall–Kier alpha value is -0.136. The molecule has 172 valence electrons. The fourth-order valence-electron chi connectivity index (χ4n) is 5.06. The first-order chi connectivity index (χ1) is 13.3. The highest BCUT2D eigenvalue weighted by molar-refractivity contribution is 7.32. The van der Waals surface area contributed by atoms with Gasteiger partial charge in [0.2, 0.25) is 0 Å². The molecule has 1 aliphatic heterocycles. The van der Waals surface area contributed by atoms with Crippen LogP contribution in [0, 0.1) is 0 Å². The van der Waals surface area contributed by atoms with Crippen LogP contribution in [0.1, 0.15) is 98.8 Å². The predicted octanol–water partition coefficient (Wildman–Crippen LogP) is 6.62. The number of hydrogen-bond acceptors (Lipinski definition) is 3. The van der Waals surface area contributed by atoms with Gasteiger partial charge in [0, 0.05) is 37.8 Å². The molecule has 0 saturated carbocycles. The number of rotatable bonds is 12. The van der Waals surface area contributed by atoms with E-state index in [-0.39, 0.29) is 28.7 Å². The summed E-state index contributed by atoms with van der Waals surface area (Å²) in [7, 11) is -2.41. The number of carbonyl (C=O) groups is 1. The van der Waals surface area contributed by atoms with Crippen LogP contribution in [0.25, 0.3) is 0 Å². The molecule has 3 nitrogen and oxygen atoms in total. The van der Waals surface area contributed by atoms with Crippen molar-refractivity contribution in [1.29, 1.82) is 0 Å². The molecule has 0 aromatic heterocycles. The summed E-state index contributed by atoms with van der Waals surface area (Å²) >= 11 is 0. The molecule has 1 saturated heterocycles. The molecule has 0 amide bonds.